The molecule has 1 fully saturated rings. The van der Waals surface area contributed by atoms with Crippen molar-refractivity contribution in [2.24, 2.45) is 0 Å². The molecule has 0 saturated carbocycles. The summed E-state index contributed by atoms with van der Waals surface area (Å²) in [4.78, 5) is 0. The molecule has 0 aliphatic carbocycles. The summed E-state index contributed by atoms with van der Waals surface area (Å²) in [6.07, 6.45) is 0. The summed E-state index contributed by atoms with van der Waals surface area (Å²) in [5, 5.41) is 3.16. The highest BCUT2D eigenvalue weighted by Crippen LogP contribution is 1.91. The second-order valence-electron chi connectivity index (χ2n) is 1.62. The van der Waals surface area contributed by atoms with E-state index >= 15 is 0 Å². The Labute approximate surface area is 46.5 Å². The van der Waals surface area contributed by atoms with Crippen molar-refractivity contribution >= 4 is 11.2 Å². The summed E-state index contributed by atoms with van der Waals surface area (Å²) in [7, 11) is 0. The normalized spacial score (nSPS) is 25.3. The average Bonchev–Trinajstić information content (AvgIpc) is 1.69. The highest BCUT2D eigenvalue weighted by Gasteiger charge is 2.17. The van der Waals surface area contributed by atoms with E-state index in [2.05, 4.69) is 5.32 Å². The minimum atomic E-state index is -0.253. The maximum atomic E-state index is 8.90. The van der Waals surface area contributed by atoms with E-state index < -0.39 is 0 Å². The van der Waals surface area contributed by atoms with Gasteiger partial charge >= 0.3 is 0 Å². The largest absolute Gasteiger partial charge is 0.307 e. The molecule has 0 spiro atoms. The lowest BCUT2D eigenvalue weighted by Gasteiger charge is -2.06. The maximum Gasteiger partial charge on any atom is 0.153 e. The molecule has 0 atom stereocenters. The summed E-state index contributed by atoms with van der Waals surface area (Å²) in [6, 6.07) is 0. The zero-order chi connectivity index (χ0) is 5.11. The van der Waals surface area contributed by atoms with Crippen molar-refractivity contribution in [3.8, 4) is 0 Å². The Bertz CT molecular complexity index is 53.7. The highest BCUT2D eigenvalue weighted by molar-refractivity contribution is 7.91. The Balaban J connectivity index is 2.12. The Morgan fingerprint density at radius 2 is 1.86 bits per heavy atom. The Hall–Kier alpha value is 0.270. The minimum Gasteiger partial charge on any atom is -0.307 e. The molecule has 0 aromatic rings. The summed E-state index contributed by atoms with van der Waals surface area (Å²) < 4.78 is 8.90. The molecule has 2 nitrogen and oxygen atoms in total. The molecule has 1 rings (SSSR count). The van der Waals surface area contributed by atoms with Crippen LogP contribution in [0.3, 0.4) is 0 Å². The van der Waals surface area contributed by atoms with Crippen molar-refractivity contribution in [1.29, 1.82) is 0 Å². The van der Waals surface area contributed by atoms with E-state index in [0.29, 0.717) is 0 Å². The fourth-order valence-electron chi connectivity index (χ4n) is 0.607. The van der Waals surface area contributed by atoms with Gasteiger partial charge in [0.25, 0.3) is 0 Å². The molecule has 0 amide bonds. The van der Waals surface area contributed by atoms with Gasteiger partial charge in [-0.15, -0.1) is 0 Å². The van der Waals surface area contributed by atoms with E-state index in [1.807, 2.05) is 0 Å². The van der Waals surface area contributed by atoms with E-state index in [1.54, 1.807) is 0 Å². The Morgan fingerprint density at radius 1 is 1.29 bits per heavy atom. The Kier molecular flexibility index (Phi) is 1.97. The van der Waals surface area contributed by atoms with Crippen LogP contribution in [-0.4, -0.2) is 29.1 Å². The summed E-state index contributed by atoms with van der Waals surface area (Å²) in [5.74, 6) is 1.92. The third-order valence-electron chi connectivity index (χ3n) is 1.03. The summed E-state index contributed by atoms with van der Waals surface area (Å²) in [5.41, 5.74) is 0. The van der Waals surface area contributed by atoms with Gasteiger partial charge in [0, 0.05) is 13.1 Å². The van der Waals surface area contributed by atoms with Gasteiger partial charge in [-0.2, -0.15) is 4.55 Å². The van der Waals surface area contributed by atoms with Crippen molar-refractivity contribution in [3.05, 3.63) is 0 Å². The molecule has 0 bridgehead atoms. The maximum absolute atomic E-state index is 8.90. The van der Waals surface area contributed by atoms with Gasteiger partial charge in [0.2, 0.25) is 0 Å². The monoisotopic (exact) mass is 120 g/mol. The number of hydrogen-bond acceptors (Lipinski definition) is 2. The molecule has 2 N–H and O–H groups in total. The van der Waals surface area contributed by atoms with Crippen molar-refractivity contribution in [2.45, 2.75) is 0 Å². The van der Waals surface area contributed by atoms with Crippen LogP contribution in [0.5, 0.6) is 0 Å². The summed E-state index contributed by atoms with van der Waals surface area (Å²) in [6.45, 7) is 2.00. The van der Waals surface area contributed by atoms with Crippen LogP contribution in [0.25, 0.3) is 0 Å². The summed E-state index contributed by atoms with van der Waals surface area (Å²) >= 11 is -0.253. The van der Waals surface area contributed by atoms with E-state index in [-0.39, 0.29) is 11.2 Å². The van der Waals surface area contributed by atoms with Gasteiger partial charge in [-0.1, -0.05) is 0 Å². The van der Waals surface area contributed by atoms with Crippen LogP contribution in [0, 0.1) is 0 Å². The lowest BCUT2D eigenvalue weighted by Crippen LogP contribution is -2.35. The average molecular weight is 120 g/mol. The highest BCUT2D eigenvalue weighted by atomic mass is 32.2. The van der Waals surface area contributed by atoms with Crippen molar-refractivity contribution in [3.63, 3.8) is 0 Å². The predicted molar refractivity (Wildman–Crippen MR) is 32.6 cm³/mol. The fraction of sp³-hybridized carbons (Fsp3) is 1.00. The number of hydrogen-bond donors (Lipinski definition) is 2. The molecule has 1 saturated heterocycles. The van der Waals surface area contributed by atoms with E-state index in [9.17, 15) is 0 Å². The van der Waals surface area contributed by atoms with Crippen molar-refractivity contribution in [2.75, 3.05) is 24.6 Å². The first-order chi connectivity index (χ1) is 3.39. The van der Waals surface area contributed by atoms with Gasteiger partial charge in [0.15, 0.2) is 11.5 Å². The lowest BCUT2D eigenvalue weighted by molar-refractivity contribution is 0.612. The smallest absolute Gasteiger partial charge is 0.153 e. The van der Waals surface area contributed by atoms with Crippen molar-refractivity contribution in [1.82, 2.24) is 5.32 Å². The molecular formula is C4H10NOS+. The first-order valence-corrected chi connectivity index (χ1v) is 3.99. The van der Waals surface area contributed by atoms with E-state index in [4.69, 9.17) is 4.55 Å². The minimum absolute atomic E-state index is 0.253. The van der Waals surface area contributed by atoms with Crippen LogP contribution in [0.15, 0.2) is 0 Å². The molecule has 0 unspecified atom stereocenters. The van der Waals surface area contributed by atoms with Crippen molar-refractivity contribution < 1.29 is 4.55 Å². The topological polar surface area (TPSA) is 32.3 Å². The van der Waals surface area contributed by atoms with Gasteiger partial charge in [-0.3, -0.25) is 0 Å². The van der Waals surface area contributed by atoms with Gasteiger partial charge in [0.1, 0.15) is 11.2 Å². The van der Waals surface area contributed by atoms with Gasteiger partial charge < -0.3 is 5.32 Å². The second-order valence-corrected chi connectivity index (χ2v) is 3.36. The number of rotatable bonds is 0. The van der Waals surface area contributed by atoms with Crippen LogP contribution in [0.4, 0.5) is 0 Å². The van der Waals surface area contributed by atoms with Gasteiger partial charge in [-0.05, 0) is 0 Å². The molecule has 42 valence electrons. The number of nitrogens with one attached hydrogen (secondary N) is 1. The zero-order valence-corrected chi connectivity index (χ0v) is 5.00. The first-order valence-electron chi connectivity index (χ1n) is 2.47. The predicted octanol–water partition coefficient (Wildman–Crippen LogP) is -0.319. The second kappa shape index (κ2) is 2.55. The van der Waals surface area contributed by atoms with Crippen LogP contribution < -0.4 is 5.32 Å². The van der Waals surface area contributed by atoms with Gasteiger partial charge in [0.05, 0.1) is 0 Å². The van der Waals surface area contributed by atoms with Gasteiger partial charge in [-0.25, -0.2) is 0 Å². The molecule has 0 aromatic heterocycles. The van der Waals surface area contributed by atoms with Crippen LogP contribution in [0.1, 0.15) is 0 Å². The molecule has 7 heavy (non-hydrogen) atoms. The molecule has 1 heterocycles. The quantitative estimate of drug-likeness (QED) is 0.429. The molecule has 1 aliphatic rings. The molecule has 0 radical (unpaired) electrons. The zero-order valence-electron chi connectivity index (χ0n) is 4.18. The SMILES string of the molecule is O[S+]1CCNCC1. The first kappa shape index (κ1) is 5.41. The van der Waals surface area contributed by atoms with E-state index in [0.717, 1.165) is 24.6 Å². The Morgan fingerprint density at radius 3 is 2.14 bits per heavy atom. The third kappa shape index (κ3) is 1.67. The third-order valence-corrected chi connectivity index (χ3v) is 2.38. The lowest BCUT2D eigenvalue weighted by atomic mass is 10.6. The molecule has 1 aliphatic heterocycles. The molecular weight excluding hydrogens is 110 g/mol. The van der Waals surface area contributed by atoms with E-state index in [1.165, 1.54) is 0 Å². The molecule has 0 aromatic carbocycles. The van der Waals surface area contributed by atoms with Crippen LogP contribution in [-0.2, 0) is 11.2 Å². The van der Waals surface area contributed by atoms with Crippen LogP contribution >= 0.6 is 0 Å². The molecule has 3 heteroatoms. The van der Waals surface area contributed by atoms with Crippen LogP contribution in [0.2, 0.25) is 0 Å². The fourth-order valence-corrected chi connectivity index (χ4v) is 1.57. The standard InChI is InChI=1S/C4H10NOS/c6-7-3-1-5-2-4-7/h5-6H,1-4H2/q+1.